The highest BCUT2D eigenvalue weighted by Crippen LogP contribution is 2.29. The van der Waals surface area contributed by atoms with E-state index < -0.39 is 0 Å². The smallest absolute Gasteiger partial charge is 0.182 e. The minimum atomic E-state index is 0.673. The van der Waals surface area contributed by atoms with Crippen LogP contribution >= 0.6 is 0 Å². The van der Waals surface area contributed by atoms with Crippen molar-refractivity contribution in [3.63, 3.8) is 0 Å². The van der Waals surface area contributed by atoms with Gasteiger partial charge in [0.05, 0.1) is 12.7 Å². The second-order valence-electron chi connectivity index (χ2n) is 5.18. The topological polar surface area (TPSA) is 56.7 Å². The van der Waals surface area contributed by atoms with Crippen molar-refractivity contribution in [2.75, 3.05) is 0 Å². The maximum Gasteiger partial charge on any atom is 0.182 e. The van der Waals surface area contributed by atoms with Crippen molar-refractivity contribution in [1.29, 1.82) is 0 Å². The van der Waals surface area contributed by atoms with Gasteiger partial charge in [0.15, 0.2) is 12.2 Å². The Morgan fingerprint density at radius 3 is 2.43 bits per heavy atom. The summed E-state index contributed by atoms with van der Waals surface area (Å²) in [4.78, 5) is 4.30. The molecule has 0 fully saturated rings. The van der Waals surface area contributed by atoms with Crippen LogP contribution in [0.25, 0.3) is 22.7 Å². The second-order valence-corrected chi connectivity index (χ2v) is 5.18. The Labute approximate surface area is 133 Å². The summed E-state index contributed by atoms with van der Waals surface area (Å²) < 4.78 is 7.34. The van der Waals surface area contributed by atoms with Crippen LogP contribution in [0.5, 0.6) is 0 Å². The van der Waals surface area contributed by atoms with Crippen LogP contribution in [0.3, 0.4) is 0 Å². The predicted octanol–water partition coefficient (Wildman–Crippen LogP) is 3.65. The SMILES string of the molecule is c1ccc(Cn2cc(-c3ncoc3-c3ccccc3)nn2)cc1. The van der Waals surface area contributed by atoms with Crippen molar-refractivity contribution >= 4 is 0 Å². The number of nitrogens with zero attached hydrogens (tertiary/aromatic N) is 4. The lowest BCUT2D eigenvalue weighted by Crippen LogP contribution is -1.99. The molecule has 0 saturated heterocycles. The molecule has 0 amide bonds. The molecular weight excluding hydrogens is 288 g/mol. The first-order valence-corrected chi connectivity index (χ1v) is 7.33. The molecule has 5 heteroatoms. The van der Waals surface area contributed by atoms with Crippen LogP contribution in [-0.4, -0.2) is 20.0 Å². The fraction of sp³-hybridized carbons (Fsp3) is 0.0556. The van der Waals surface area contributed by atoms with Crippen molar-refractivity contribution in [3.05, 3.63) is 78.8 Å². The molecule has 0 saturated carbocycles. The van der Waals surface area contributed by atoms with Crippen molar-refractivity contribution in [2.45, 2.75) is 6.54 Å². The normalized spacial score (nSPS) is 10.8. The molecule has 112 valence electrons. The summed E-state index contributed by atoms with van der Waals surface area (Å²) in [5.74, 6) is 0.706. The summed E-state index contributed by atoms with van der Waals surface area (Å²) in [6.07, 6.45) is 3.32. The zero-order chi connectivity index (χ0) is 15.5. The largest absolute Gasteiger partial charge is 0.443 e. The molecule has 5 nitrogen and oxygen atoms in total. The Kier molecular flexibility index (Phi) is 3.44. The summed E-state index contributed by atoms with van der Waals surface area (Å²) >= 11 is 0. The van der Waals surface area contributed by atoms with Crippen LogP contribution in [0.4, 0.5) is 0 Å². The first kappa shape index (κ1) is 13.5. The van der Waals surface area contributed by atoms with Gasteiger partial charge in [0.2, 0.25) is 0 Å². The highest BCUT2D eigenvalue weighted by Gasteiger charge is 2.15. The fourth-order valence-electron chi connectivity index (χ4n) is 2.48. The average molecular weight is 302 g/mol. The lowest BCUT2D eigenvalue weighted by molar-refractivity contribution is 0.572. The third kappa shape index (κ3) is 2.76. The maximum absolute atomic E-state index is 5.54. The van der Waals surface area contributed by atoms with Crippen LogP contribution < -0.4 is 0 Å². The van der Waals surface area contributed by atoms with E-state index in [0.717, 1.165) is 5.56 Å². The van der Waals surface area contributed by atoms with Crippen LogP contribution in [0.15, 0.2) is 77.7 Å². The quantitative estimate of drug-likeness (QED) is 0.577. The second kappa shape index (κ2) is 5.88. The van der Waals surface area contributed by atoms with Gasteiger partial charge in [-0.25, -0.2) is 9.67 Å². The number of rotatable bonds is 4. The Balaban J connectivity index is 1.64. The van der Waals surface area contributed by atoms with Gasteiger partial charge >= 0.3 is 0 Å². The lowest BCUT2D eigenvalue weighted by Gasteiger charge is -1.99. The third-order valence-corrected chi connectivity index (χ3v) is 3.57. The number of hydrogen-bond donors (Lipinski definition) is 0. The van der Waals surface area contributed by atoms with E-state index in [-0.39, 0.29) is 0 Å². The Morgan fingerprint density at radius 2 is 1.65 bits per heavy atom. The molecule has 0 spiro atoms. The highest BCUT2D eigenvalue weighted by atomic mass is 16.3. The zero-order valence-electron chi connectivity index (χ0n) is 12.3. The molecule has 0 aliphatic rings. The van der Waals surface area contributed by atoms with Crippen LogP contribution in [-0.2, 0) is 6.54 Å². The van der Waals surface area contributed by atoms with E-state index in [0.29, 0.717) is 23.7 Å². The molecule has 2 aromatic carbocycles. The summed E-state index contributed by atoms with van der Waals surface area (Å²) in [5.41, 5.74) is 3.55. The van der Waals surface area contributed by atoms with Gasteiger partial charge < -0.3 is 4.42 Å². The van der Waals surface area contributed by atoms with Gasteiger partial charge in [-0.2, -0.15) is 0 Å². The zero-order valence-corrected chi connectivity index (χ0v) is 12.3. The van der Waals surface area contributed by atoms with Crippen LogP contribution in [0, 0.1) is 0 Å². The van der Waals surface area contributed by atoms with Crippen molar-refractivity contribution < 1.29 is 4.42 Å². The van der Waals surface area contributed by atoms with Gasteiger partial charge in [0, 0.05) is 5.56 Å². The molecule has 2 heterocycles. The third-order valence-electron chi connectivity index (χ3n) is 3.57. The minimum Gasteiger partial charge on any atom is -0.443 e. The molecular formula is C18H14N4O. The summed E-state index contributed by atoms with van der Waals surface area (Å²) in [6.45, 7) is 0.673. The van der Waals surface area contributed by atoms with Crippen molar-refractivity contribution in [2.24, 2.45) is 0 Å². The lowest BCUT2D eigenvalue weighted by atomic mass is 10.1. The Hall–Kier alpha value is -3.21. The van der Waals surface area contributed by atoms with Crippen molar-refractivity contribution in [1.82, 2.24) is 20.0 Å². The van der Waals surface area contributed by atoms with Gasteiger partial charge in [0.25, 0.3) is 0 Å². The molecule has 0 N–H and O–H groups in total. The Bertz CT molecular complexity index is 897. The maximum atomic E-state index is 5.54. The fourth-order valence-corrected chi connectivity index (χ4v) is 2.48. The van der Waals surface area contributed by atoms with Gasteiger partial charge in [-0.1, -0.05) is 65.9 Å². The molecule has 4 aromatic rings. The van der Waals surface area contributed by atoms with Crippen LogP contribution in [0.2, 0.25) is 0 Å². The van der Waals surface area contributed by atoms with E-state index in [4.69, 9.17) is 4.42 Å². The first-order chi connectivity index (χ1) is 11.4. The van der Waals surface area contributed by atoms with Gasteiger partial charge in [-0.05, 0) is 5.56 Å². The molecule has 0 aliphatic heterocycles. The molecule has 4 rings (SSSR count). The average Bonchev–Trinajstić information content (AvgIpc) is 3.25. The first-order valence-electron chi connectivity index (χ1n) is 7.33. The number of aromatic nitrogens is 4. The standard InChI is InChI=1S/C18H14N4O/c1-3-7-14(8-4-1)11-22-12-16(20-21-22)17-18(23-13-19-17)15-9-5-2-6-10-15/h1-10,12-13H,11H2. The van der Waals surface area contributed by atoms with E-state index in [2.05, 4.69) is 27.4 Å². The molecule has 0 unspecified atom stereocenters. The highest BCUT2D eigenvalue weighted by molar-refractivity contribution is 5.73. The van der Waals surface area contributed by atoms with E-state index in [9.17, 15) is 0 Å². The van der Waals surface area contributed by atoms with E-state index in [1.165, 1.54) is 12.0 Å². The molecule has 23 heavy (non-hydrogen) atoms. The molecule has 2 aromatic heterocycles. The van der Waals surface area contributed by atoms with Gasteiger partial charge in [-0.3, -0.25) is 0 Å². The van der Waals surface area contributed by atoms with E-state index >= 15 is 0 Å². The number of benzene rings is 2. The monoisotopic (exact) mass is 302 g/mol. The number of oxazole rings is 1. The summed E-state index contributed by atoms with van der Waals surface area (Å²) in [7, 11) is 0. The van der Waals surface area contributed by atoms with Crippen molar-refractivity contribution in [3.8, 4) is 22.7 Å². The van der Waals surface area contributed by atoms with E-state index in [1.54, 1.807) is 4.68 Å². The van der Waals surface area contributed by atoms with Gasteiger partial charge in [0.1, 0.15) is 11.4 Å². The van der Waals surface area contributed by atoms with Crippen LogP contribution in [0.1, 0.15) is 5.56 Å². The molecule has 0 atom stereocenters. The Morgan fingerprint density at radius 1 is 0.913 bits per heavy atom. The molecule has 0 aliphatic carbocycles. The molecule has 0 bridgehead atoms. The summed E-state index contributed by atoms with van der Waals surface area (Å²) in [6, 6.07) is 20.0. The minimum absolute atomic E-state index is 0.673. The summed E-state index contributed by atoms with van der Waals surface area (Å²) in [5, 5.41) is 8.42. The predicted molar refractivity (Wildman–Crippen MR) is 86.5 cm³/mol. The molecule has 0 radical (unpaired) electrons. The van der Waals surface area contributed by atoms with Gasteiger partial charge in [-0.15, -0.1) is 5.10 Å². The number of hydrogen-bond acceptors (Lipinski definition) is 4. The van der Waals surface area contributed by atoms with E-state index in [1.807, 2.05) is 54.7 Å².